The van der Waals surface area contributed by atoms with Gasteiger partial charge in [-0.3, -0.25) is 37.8 Å². The summed E-state index contributed by atoms with van der Waals surface area (Å²) < 4.78 is 49.6. The fourth-order valence-electron chi connectivity index (χ4n) is 11.3. The average molecular weight is 797 g/mol. The second-order valence-electron chi connectivity index (χ2n) is 17.5. The van der Waals surface area contributed by atoms with Gasteiger partial charge in [-0.15, -0.1) is 0 Å². The molecule has 56 heavy (non-hydrogen) atoms. The van der Waals surface area contributed by atoms with Gasteiger partial charge in [0, 0.05) is 42.0 Å². The average Bonchev–Trinajstić information content (AvgIpc) is 3.71. The van der Waals surface area contributed by atoms with Crippen molar-refractivity contribution in [3.05, 3.63) is 61.9 Å². The number of Topliss-reactive ketones (excluding diaryl/α,β-unsaturated/α-hetero) is 1. The lowest BCUT2D eigenvalue weighted by molar-refractivity contribution is -0.167. The van der Waals surface area contributed by atoms with Crippen molar-refractivity contribution in [2.24, 2.45) is 34.5 Å². The molecule has 1 saturated heterocycles. The molecule has 304 valence electrons. The van der Waals surface area contributed by atoms with E-state index in [0.29, 0.717) is 41.6 Å². The van der Waals surface area contributed by atoms with Gasteiger partial charge in [-0.05, 0) is 99.5 Å². The van der Waals surface area contributed by atoms with Gasteiger partial charge in [0.25, 0.3) is 5.56 Å². The number of hydrogen-bond acceptors (Lipinski definition) is 12. The van der Waals surface area contributed by atoms with Gasteiger partial charge < -0.3 is 18.7 Å². The van der Waals surface area contributed by atoms with Crippen LogP contribution < -0.4 is 15.8 Å². The molecule has 0 amide bonds. The van der Waals surface area contributed by atoms with Crippen LogP contribution in [0.1, 0.15) is 114 Å². The Hall–Kier alpha value is -3.58. The summed E-state index contributed by atoms with van der Waals surface area (Å²) in [6.07, 6.45) is 6.36. The number of aromatic nitrogens is 2. The van der Waals surface area contributed by atoms with Crippen LogP contribution in [0.15, 0.2) is 34.0 Å². The van der Waals surface area contributed by atoms with Crippen LogP contribution in [-0.4, -0.2) is 52.2 Å². The minimum Gasteiger partial charge on any atom is -0.462 e. The molecule has 2 aliphatic heterocycles. The number of benzene rings is 1. The molecule has 5 fully saturated rings. The molecule has 0 radical (unpaired) electrons. The summed E-state index contributed by atoms with van der Waals surface area (Å²) in [6.45, 7) is 7.78. The van der Waals surface area contributed by atoms with E-state index >= 15 is 0 Å². The van der Waals surface area contributed by atoms with Crippen molar-refractivity contribution in [1.29, 1.82) is 0 Å². The fraction of sp³-hybridized carbons (Fsp3) is 0.683. The van der Waals surface area contributed by atoms with E-state index in [4.69, 9.17) is 27.8 Å². The summed E-state index contributed by atoms with van der Waals surface area (Å²) in [5.41, 5.74) is 0.785. The number of nitrogens with zero attached hydrogens (tertiary/aromatic N) is 1. The van der Waals surface area contributed by atoms with Crippen LogP contribution in [0.25, 0.3) is 0 Å². The number of aryl methyl sites for hydroxylation is 2. The molecule has 3 unspecified atom stereocenters. The second-order valence-corrected chi connectivity index (χ2v) is 19.1. The number of hydrogen-bond donors (Lipinski definition) is 1. The first-order valence-electron chi connectivity index (χ1n) is 20.2. The van der Waals surface area contributed by atoms with Gasteiger partial charge in [0.1, 0.15) is 36.1 Å². The maximum Gasteiger partial charge on any atom is 0.530 e. The minimum atomic E-state index is -4.08. The van der Waals surface area contributed by atoms with E-state index in [1.165, 1.54) is 10.8 Å². The Morgan fingerprint density at radius 2 is 1.71 bits per heavy atom. The Morgan fingerprint density at radius 3 is 2.52 bits per heavy atom. The highest BCUT2D eigenvalue weighted by molar-refractivity contribution is 7.49. The van der Waals surface area contributed by atoms with Crippen molar-refractivity contribution < 1.29 is 46.7 Å². The lowest BCUT2D eigenvalue weighted by atomic mass is 9.45. The van der Waals surface area contributed by atoms with Crippen LogP contribution in [0.3, 0.4) is 0 Å². The first-order valence-corrected chi connectivity index (χ1v) is 21.7. The van der Waals surface area contributed by atoms with E-state index < -0.39 is 49.4 Å². The Morgan fingerprint density at radius 1 is 0.946 bits per heavy atom. The lowest BCUT2D eigenvalue weighted by Crippen LogP contribution is -2.54. The zero-order valence-electron chi connectivity index (χ0n) is 32.6. The van der Waals surface area contributed by atoms with Gasteiger partial charge in [0.2, 0.25) is 0 Å². The van der Waals surface area contributed by atoms with Gasteiger partial charge >= 0.3 is 25.5 Å². The molecule has 1 aromatic heterocycles. The third kappa shape index (κ3) is 7.24. The van der Waals surface area contributed by atoms with Crippen molar-refractivity contribution >= 4 is 25.5 Å². The summed E-state index contributed by atoms with van der Waals surface area (Å²) in [4.78, 5) is 65.9. The predicted molar refractivity (Wildman–Crippen MR) is 200 cm³/mol. The molecule has 6 aliphatic rings. The van der Waals surface area contributed by atoms with Crippen molar-refractivity contribution in [3.8, 4) is 5.75 Å². The van der Waals surface area contributed by atoms with Gasteiger partial charge in [0.15, 0.2) is 0 Å². The van der Waals surface area contributed by atoms with E-state index in [9.17, 15) is 28.5 Å². The molecule has 8 rings (SSSR count). The number of ketones is 1. The standard InChI is InChI=1S/C41H53N2O12P/c1-23-6-5-7-31-28(23)21-50-56(49,55-31)51-22-33-32(19-35(52-33)43-20-24(2)38(47)42-39(43)48)53-36(45)12-13-37(46)54-34-11-10-29-27-9-8-25-18-26(44)14-16-40(25,3)30(27)15-17-41(29,34)4/h5-7,20,25,27,29-30,32-35H,8-19,21-22H2,1-4H3,(H,42,47,48)/t25-,27-,29-,30?,32?,33+,34-,35+,40-,41-,56?/m0/s1. The quantitative estimate of drug-likeness (QED) is 0.219. The van der Waals surface area contributed by atoms with Crippen LogP contribution in [0.5, 0.6) is 5.75 Å². The highest BCUT2D eigenvalue weighted by atomic mass is 31.2. The molecule has 3 heterocycles. The van der Waals surface area contributed by atoms with Gasteiger partial charge in [-0.1, -0.05) is 26.0 Å². The van der Waals surface area contributed by atoms with E-state index in [-0.39, 0.29) is 55.0 Å². The number of carbonyl (C=O) groups is 3. The van der Waals surface area contributed by atoms with Crippen molar-refractivity contribution in [2.75, 3.05) is 6.61 Å². The number of carbonyl (C=O) groups excluding carboxylic acids is 3. The molecule has 2 aromatic rings. The molecule has 0 bridgehead atoms. The van der Waals surface area contributed by atoms with Crippen molar-refractivity contribution in [2.45, 2.75) is 136 Å². The Balaban J connectivity index is 0.885. The van der Waals surface area contributed by atoms with E-state index in [1.54, 1.807) is 19.1 Å². The summed E-state index contributed by atoms with van der Waals surface area (Å²) in [6, 6.07) is 5.33. The Kier molecular flexibility index (Phi) is 10.5. The number of nitrogens with one attached hydrogen (secondary N) is 1. The minimum absolute atomic E-state index is 0.0127. The highest BCUT2D eigenvalue weighted by Crippen LogP contribution is 2.66. The lowest BCUT2D eigenvalue weighted by Gasteiger charge is -2.60. The van der Waals surface area contributed by atoms with Crippen LogP contribution in [0, 0.1) is 48.3 Å². The van der Waals surface area contributed by atoms with Crippen molar-refractivity contribution in [1.82, 2.24) is 9.55 Å². The predicted octanol–water partition coefficient (Wildman–Crippen LogP) is 6.39. The molecule has 0 spiro atoms. The Bertz CT molecular complexity index is 2060. The summed E-state index contributed by atoms with van der Waals surface area (Å²) >= 11 is 0. The maximum atomic E-state index is 13.5. The number of ether oxygens (including phenoxy) is 3. The van der Waals surface area contributed by atoms with Crippen LogP contribution in [-0.2, 0) is 48.8 Å². The highest BCUT2D eigenvalue weighted by Gasteiger charge is 2.61. The van der Waals surface area contributed by atoms with E-state index in [0.717, 1.165) is 62.5 Å². The molecular weight excluding hydrogens is 743 g/mol. The second kappa shape index (κ2) is 15.0. The third-order valence-electron chi connectivity index (χ3n) is 14.5. The number of rotatable bonds is 9. The largest absolute Gasteiger partial charge is 0.530 e. The zero-order chi connectivity index (χ0) is 39.6. The van der Waals surface area contributed by atoms with E-state index in [1.807, 2.05) is 13.0 Å². The summed E-state index contributed by atoms with van der Waals surface area (Å²) in [7, 11) is -4.08. The molecule has 4 aliphatic carbocycles. The van der Waals surface area contributed by atoms with Crippen molar-refractivity contribution in [3.63, 3.8) is 0 Å². The number of fused-ring (bicyclic) bond motifs is 6. The topological polar surface area (TPSA) is 179 Å². The molecule has 15 heteroatoms. The third-order valence-corrected chi connectivity index (χ3v) is 15.8. The zero-order valence-corrected chi connectivity index (χ0v) is 33.5. The van der Waals surface area contributed by atoms with Crippen LogP contribution in [0.4, 0.5) is 0 Å². The maximum absolute atomic E-state index is 13.5. The molecule has 11 atom stereocenters. The fourth-order valence-corrected chi connectivity index (χ4v) is 12.5. The van der Waals surface area contributed by atoms with Gasteiger partial charge in [0.05, 0.1) is 26.1 Å². The number of aromatic amines is 1. The number of phosphoric ester groups is 1. The molecular formula is C41H53N2O12P. The summed E-state index contributed by atoms with van der Waals surface area (Å²) in [5, 5.41) is 0. The molecule has 4 saturated carbocycles. The first kappa shape index (κ1) is 39.3. The number of phosphoric acid groups is 1. The number of H-pyrrole nitrogens is 1. The Labute approximate surface area is 325 Å². The number of esters is 2. The molecule has 1 N–H and O–H groups in total. The molecule has 1 aromatic carbocycles. The SMILES string of the molecule is Cc1cccc2c1COP(=O)(OC[C@H]1O[C@@H](n3cc(C)c(=O)[nH]c3=O)CC1OC(=O)CCC(=O)O[C@H]1CC[C@H]3[C@@H]4CC[C@H]5CC(=O)CC[C@]5(C)C4CC[C@]13C)O2. The summed E-state index contributed by atoms with van der Waals surface area (Å²) in [5.74, 6) is 1.79. The monoisotopic (exact) mass is 796 g/mol. The van der Waals surface area contributed by atoms with E-state index in [2.05, 4.69) is 18.8 Å². The van der Waals surface area contributed by atoms with Gasteiger partial charge in [-0.25, -0.2) is 9.36 Å². The normalized spacial score (nSPS) is 37.4. The molecule has 14 nitrogen and oxygen atoms in total. The first-order chi connectivity index (χ1) is 26.7. The van der Waals surface area contributed by atoms with Gasteiger partial charge in [-0.2, -0.15) is 0 Å². The smallest absolute Gasteiger partial charge is 0.462 e. The van der Waals surface area contributed by atoms with Crippen LogP contribution in [0.2, 0.25) is 0 Å². The van der Waals surface area contributed by atoms with Crippen LogP contribution >= 0.6 is 7.82 Å².